The summed E-state index contributed by atoms with van der Waals surface area (Å²) in [6, 6.07) is 15.5. The van der Waals surface area contributed by atoms with Gasteiger partial charge in [-0.2, -0.15) is 0 Å². The Bertz CT molecular complexity index is 699. The molecule has 2 aromatic rings. The van der Waals surface area contributed by atoms with Crippen molar-refractivity contribution in [3.05, 3.63) is 71.5 Å². The van der Waals surface area contributed by atoms with E-state index in [1.807, 2.05) is 6.07 Å². The zero-order valence-electron chi connectivity index (χ0n) is 14.0. The first kappa shape index (κ1) is 17.6. The monoisotopic (exact) mass is 343 g/mol. The lowest BCUT2D eigenvalue weighted by molar-refractivity contribution is -0.143. The van der Waals surface area contributed by atoms with Crippen LogP contribution in [0.2, 0.25) is 0 Å². The molecule has 25 heavy (non-hydrogen) atoms. The average molecular weight is 343 g/mol. The minimum atomic E-state index is -1.13. The molecule has 1 aliphatic heterocycles. The molecular weight excluding hydrogens is 321 g/mol. The number of aliphatic hydroxyl groups is 1. The SMILES string of the molecule is O=C(C(O)c1ccccc1)N1CCC(OCc2ccccc2F)CC1. The van der Waals surface area contributed by atoms with Gasteiger partial charge < -0.3 is 14.7 Å². The Balaban J connectivity index is 1.48. The molecule has 0 spiro atoms. The van der Waals surface area contributed by atoms with Crippen molar-refractivity contribution in [2.75, 3.05) is 13.1 Å². The lowest BCUT2D eigenvalue weighted by atomic mass is 10.0. The molecule has 1 aliphatic rings. The number of ether oxygens (including phenoxy) is 1. The van der Waals surface area contributed by atoms with Gasteiger partial charge in [-0.25, -0.2) is 4.39 Å². The van der Waals surface area contributed by atoms with E-state index in [-0.39, 0.29) is 24.4 Å². The van der Waals surface area contributed by atoms with Crippen LogP contribution in [0, 0.1) is 5.82 Å². The van der Waals surface area contributed by atoms with Gasteiger partial charge in [0.1, 0.15) is 5.82 Å². The fraction of sp³-hybridized carbons (Fsp3) is 0.350. The van der Waals surface area contributed by atoms with Gasteiger partial charge in [0, 0.05) is 18.7 Å². The van der Waals surface area contributed by atoms with E-state index in [4.69, 9.17) is 4.74 Å². The fourth-order valence-corrected chi connectivity index (χ4v) is 3.02. The van der Waals surface area contributed by atoms with Crippen LogP contribution in [-0.2, 0) is 16.1 Å². The van der Waals surface area contributed by atoms with Crippen molar-refractivity contribution in [2.45, 2.75) is 31.7 Å². The molecule has 132 valence electrons. The standard InChI is InChI=1S/C20H22FNO3/c21-18-9-5-4-8-16(18)14-25-17-10-12-22(13-11-17)20(24)19(23)15-6-2-1-3-7-15/h1-9,17,19,23H,10-14H2. The summed E-state index contributed by atoms with van der Waals surface area (Å²) in [5.74, 6) is -0.542. The van der Waals surface area contributed by atoms with Crippen LogP contribution < -0.4 is 0 Å². The van der Waals surface area contributed by atoms with E-state index in [1.54, 1.807) is 47.4 Å². The molecule has 4 nitrogen and oxygen atoms in total. The lowest BCUT2D eigenvalue weighted by Crippen LogP contribution is -2.43. The number of rotatable bonds is 5. The first-order valence-electron chi connectivity index (χ1n) is 8.52. The molecule has 1 fully saturated rings. The molecular formula is C20H22FNO3. The molecule has 3 rings (SSSR count). The number of piperidine rings is 1. The maximum atomic E-state index is 13.6. The molecule has 1 atom stereocenters. The highest BCUT2D eigenvalue weighted by Gasteiger charge is 2.28. The predicted octanol–water partition coefficient (Wildman–Crippen LogP) is 3.07. The molecule has 2 aromatic carbocycles. The van der Waals surface area contributed by atoms with E-state index < -0.39 is 6.10 Å². The number of hydrogen-bond donors (Lipinski definition) is 1. The summed E-state index contributed by atoms with van der Waals surface area (Å²) in [5, 5.41) is 10.2. The van der Waals surface area contributed by atoms with Crippen LogP contribution in [0.1, 0.15) is 30.1 Å². The van der Waals surface area contributed by atoms with Gasteiger partial charge in [0.2, 0.25) is 0 Å². The molecule has 1 unspecified atom stereocenters. The molecule has 0 aromatic heterocycles. The highest BCUT2D eigenvalue weighted by molar-refractivity contribution is 5.82. The second kappa shape index (κ2) is 8.23. The fourth-order valence-electron chi connectivity index (χ4n) is 3.02. The normalized spacial score (nSPS) is 16.6. The van der Waals surface area contributed by atoms with Gasteiger partial charge in [-0.1, -0.05) is 48.5 Å². The van der Waals surface area contributed by atoms with Crippen LogP contribution in [0.15, 0.2) is 54.6 Å². The summed E-state index contributed by atoms with van der Waals surface area (Å²) >= 11 is 0. The van der Waals surface area contributed by atoms with Crippen molar-refractivity contribution in [1.29, 1.82) is 0 Å². The number of aliphatic hydroxyl groups excluding tert-OH is 1. The van der Waals surface area contributed by atoms with Crippen LogP contribution in [-0.4, -0.2) is 35.1 Å². The van der Waals surface area contributed by atoms with Crippen molar-refractivity contribution in [1.82, 2.24) is 4.90 Å². The number of carbonyl (C=O) groups is 1. The van der Waals surface area contributed by atoms with Gasteiger partial charge in [-0.15, -0.1) is 0 Å². The lowest BCUT2D eigenvalue weighted by Gasteiger charge is -2.33. The topological polar surface area (TPSA) is 49.8 Å². The van der Waals surface area contributed by atoms with Crippen LogP contribution in [0.25, 0.3) is 0 Å². The van der Waals surface area contributed by atoms with Gasteiger partial charge in [-0.05, 0) is 24.5 Å². The quantitative estimate of drug-likeness (QED) is 0.908. The van der Waals surface area contributed by atoms with Gasteiger partial charge in [-0.3, -0.25) is 4.79 Å². The summed E-state index contributed by atoms with van der Waals surface area (Å²) in [6.45, 7) is 1.30. The third-order valence-electron chi connectivity index (χ3n) is 4.54. The van der Waals surface area contributed by atoms with Crippen LogP contribution >= 0.6 is 0 Å². The molecule has 1 saturated heterocycles. The second-order valence-corrected chi connectivity index (χ2v) is 6.24. The summed E-state index contributed by atoms with van der Waals surface area (Å²) in [6.07, 6.45) is 0.234. The Morgan fingerprint density at radius 3 is 2.44 bits per heavy atom. The number of benzene rings is 2. The minimum Gasteiger partial charge on any atom is -0.378 e. The minimum absolute atomic E-state index is 0.00229. The summed E-state index contributed by atoms with van der Waals surface area (Å²) < 4.78 is 19.4. The van der Waals surface area contributed by atoms with E-state index in [0.29, 0.717) is 37.1 Å². The second-order valence-electron chi connectivity index (χ2n) is 6.24. The number of amides is 1. The van der Waals surface area contributed by atoms with Gasteiger partial charge >= 0.3 is 0 Å². The van der Waals surface area contributed by atoms with E-state index in [1.165, 1.54) is 6.07 Å². The molecule has 1 heterocycles. The third-order valence-corrected chi connectivity index (χ3v) is 4.54. The average Bonchev–Trinajstić information content (AvgIpc) is 2.67. The Hall–Kier alpha value is -2.24. The maximum Gasteiger partial charge on any atom is 0.256 e. The van der Waals surface area contributed by atoms with Crippen molar-refractivity contribution < 1.29 is 19.0 Å². The Morgan fingerprint density at radius 2 is 1.76 bits per heavy atom. The Kier molecular flexibility index (Phi) is 5.79. The van der Waals surface area contributed by atoms with E-state index in [9.17, 15) is 14.3 Å². The molecule has 0 saturated carbocycles. The molecule has 0 radical (unpaired) electrons. The first-order valence-corrected chi connectivity index (χ1v) is 8.52. The van der Waals surface area contributed by atoms with Crippen LogP contribution in [0.3, 0.4) is 0 Å². The Labute approximate surface area is 146 Å². The zero-order chi connectivity index (χ0) is 17.6. The van der Waals surface area contributed by atoms with Gasteiger partial charge in [0.05, 0.1) is 12.7 Å². The third kappa shape index (κ3) is 4.44. The number of nitrogens with zero attached hydrogens (tertiary/aromatic N) is 1. The number of carbonyl (C=O) groups excluding carboxylic acids is 1. The van der Waals surface area contributed by atoms with Crippen molar-refractivity contribution in [3.8, 4) is 0 Å². The van der Waals surface area contributed by atoms with E-state index in [2.05, 4.69) is 0 Å². The van der Waals surface area contributed by atoms with Crippen molar-refractivity contribution in [2.24, 2.45) is 0 Å². The number of likely N-dealkylation sites (tertiary alicyclic amines) is 1. The first-order chi connectivity index (χ1) is 12.1. The highest BCUT2D eigenvalue weighted by Crippen LogP contribution is 2.21. The van der Waals surface area contributed by atoms with Crippen LogP contribution in [0.5, 0.6) is 0 Å². The molecule has 0 aliphatic carbocycles. The zero-order valence-corrected chi connectivity index (χ0v) is 14.0. The highest BCUT2D eigenvalue weighted by atomic mass is 19.1. The summed E-state index contributed by atoms with van der Waals surface area (Å²) in [5.41, 5.74) is 1.14. The Morgan fingerprint density at radius 1 is 1.12 bits per heavy atom. The summed E-state index contributed by atoms with van der Waals surface area (Å²) in [7, 11) is 0. The van der Waals surface area contributed by atoms with Crippen molar-refractivity contribution in [3.63, 3.8) is 0 Å². The largest absolute Gasteiger partial charge is 0.378 e. The van der Waals surface area contributed by atoms with Crippen LogP contribution in [0.4, 0.5) is 4.39 Å². The molecule has 0 bridgehead atoms. The molecule has 1 amide bonds. The van der Waals surface area contributed by atoms with Crippen molar-refractivity contribution >= 4 is 5.91 Å². The predicted molar refractivity (Wildman–Crippen MR) is 92.2 cm³/mol. The van der Waals surface area contributed by atoms with Gasteiger partial charge in [0.25, 0.3) is 5.91 Å². The van der Waals surface area contributed by atoms with E-state index >= 15 is 0 Å². The molecule has 5 heteroatoms. The number of hydrogen-bond acceptors (Lipinski definition) is 3. The van der Waals surface area contributed by atoms with E-state index in [0.717, 1.165) is 0 Å². The smallest absolute Gasteiger partial charge is 0.256 e. The molecule has 1 N–H and O–H groups in total. The summed E-state index contributed by atoms with van der Waals surface area (Å²) in [4.78, 5) is 14.1. The van der Waals surface area contributed by atoms with Gasteiger partial charge in [0.15, 0.2) is 6.10 Å². The number of halogens is 1. The maximum absolute atomic E-state index is 13.6.